The summed E-state index contributed by atoms with van der Waals surface area (Å²) in [5.41, 5.74) is 3.20. The van der Waals surface area contributed by atoms with Crippen molar-refractivity contribution in [2.45, 2.75) is 6.54 Å². The lowest BCUT2D eigenvalue weighted by Gasteiger charge is -2.28. The quantitative estimate of drug-likeness (QED) is 0.812. The number of methoxy groups -OCH3 is 1. The van der Waals surface area contributed by atoms with E-state index in [4.69, 9.17) is 9.47 Å². The number of amides is 1. The first kappa shape index (κ1) is 18.0. The molecule has 0 radical (unpaired) electrons. The van der Waals surface area contributed by atoms with Gasteiger partial charge in [-0.3, -0.25) is 4.79 Å². The maximum atomic E-state index is 12.0. The van der Waals surface area contributed by atoms with Crippen molar-refractivity contribution in [1.29, 1.82) is 0 Å². The molecule has 5 nitrogen and oxygen atoms in total. The van der Waals surface area contributed by atoms with Crippen LogP contribution in [0.5, 0.6) is 5.75 Å². The number of nitrogens with one attached hydrogen (secondary N) is 1. The molecule has 0 aliphatic carbocycles. The zero-order valence-corrected chi connectivity index (χ0v) is 15.0. The van der Waals surface area contributed by atoms with Crippen LogP contribution in [0.25, 0.3) is 6.08 Å². The van der Waals surface area contributed by atoms with Crippen LogP contribution in [0.1, 0.15) is 11.1 Å². The Balaban J connectivity index is 1.50. The fourth-order valence-corrected chi connectivity index (χ4v) is 2.81. The Bertz CT molecular complexity index is 750. The monoisotopic (exact) mass is 352 g/mol. The Morgan fingerprint density at radius 1 is 1.19 bits per heavy atom. The van der Waals surface area contributed by atoms with E-state index in [1.807, 2.05) is 24.3 Å². The molecule has 1 heterocycles. The van der Waals surface area contributed by atoms with E-state index in [1.165, 1.54) is 11.8 Å². The third-order valence-corrected chi connectivity index (χ3v) is 4.30. The molecule has 136 valence electrons. The van der Waals surface area contributed by atoms with Gasteiger partial charge in [-0.05, 0) is 41.5 Å². The molecule has 1 fully saturated rings. The molecule has 1 aliphatic heterocycles. The summed E-state index contributed by atoms with van der Waals surface area (Å²) in [7, 11) is 1.62. The minimum atomic E-state index is -0.120. The first-order valence-corrected chi connectivity index (χ1v) is 8.76. The molecule has 0 aromatic heterocycles. The van der Waals surface area contributed by atoms with Gasteiger partial charge in [-0.25, -0.2) is 0 Å². The fraction of sp³-hybridized carbons (Fsp3) is 0.286. The van der Waals surface area contributed by atoms with Crippen LogP contribution in [-0.2, 0) is 16.1 Å². The second kappa shape index (κ2) is 9.06. The van der Waals surface area contributed by atoms with Crippen LogP contribution in [0.15, 0.2) is 54.6 Å². The highest BCUT2D eigenvalue weighted by molar-refractivity contribution is 5.91. The van der Waals surface area contributed by atoms with E-state index in [1.54, 1.807) is 13.2 Å². The Morgan fingerprint density at radius 2 is 1.96 bits per heavy atom. The van der Waals surface area contributed by atoms with Crippen LogP contribution < -0.4 is 15.0 Å². The normalized spacial score (nSPS) is 14.4. The molecule has 2 aromatic carbocycles. The smallest absolute Gasteiger partial charge is 0.244 e. The van der Waals surface area contributed by atoms with Crippen molar-refractivity contribution in [3.05, 3.63) is 65.7 Å². The summed E-state index contributed by atoms with van der Waals surface area (Å²) in [6, 6.07) is 15.9. The number of hydrogen-bond acceptors (Lipinski definition) is 4. The average molecular weight is 352 g/mol. The second-order valence-electron chi connectivity index (χ2n) is 6.09. The molecule has 1 saturated heterocycles. The molecule has 5 heteroatoms. The number of carbonyl (C=O) groups excluding carboxylic acids is 1. The van der Waals surface area contributed by atoms with Crippen LogP contribution >= 0.6 is 0 Å². The first-order valence-electron chi connectivity index (χ1n) is 8.76. The van der Waals surface area contributed by atoms with E-state index < -0.39 is 0 Å². The molecule has 0 atom stereocenters. The van der Waals surface area contributed by atoms with Crippen LogP contribution in [0, 0.1) is 0 Å². The highest BCUT2D eigenvalue weighted by atomic mass is 16.5. The zero-order valence-electron chi connectivity index (χ0n) is 15.0. The van der Waals surface area contributed by atoms with Gasteiger partial charge >= 0.3 is 0 Å². The minimum absolute atomic E-state index is 0.120. The van der Waals surface area contributed by atoms with E-state index in [0.717, 1.165) is 43.2 Å². The van der Waals surface area contributed by atoms with E-state index in [9.17, 15) is 4.79 Å². The molecule has 3 rings (SSSR count). The average Bonchev–Trinajstić information content (AvgIpc) is 2.72. The molecule has 1 amide bonds. The van der Waals surface area contributed by atoms with Gasteiger partial charge in [0.1, 0.15) is 5.75 Å². The van der Waals surface area contributed by atoms with E-state index >= 15 is 0 Å². The minimum Gasteiger partial charge on any atom is -0.497 e. The van der Waals surface area contributed by atoms with Crippen LogP contribution in [-0.4, -0.2) is 39.3 Å². The summed E-state index contributed by atoms with van der Waals surface area (Å²) in [5, 5.41) is 2.91. The first-order chi connectivity index (χ1) is 12.7. The van der Waals surface area contributed by atoms with Gasteiger partial charge in [0, 0.05) is 31.4 Å². The number of rotatable bonds is 6. The summed E-state index contributed by atoms with van der Waals surface area (Å²) in [5.74, 6) is 0.651. The molecule has 0 spiro atoms. The highest BCUT2D eigenvalue weighted by Crippen LogP contribution is 2.17. The topological polar surface area (TPSA) is 50.8 Å². The number of benzene rings is 2. The van der Waals surface area contributed by atoms with Gasteiger partial charge in [0.2, 0.25) is 5.91 Å². The lowest BCUT2D eigenvalue weighted by atomic mass is 10.2. The molecule has 2 aromatic rings. The molecule has 0 unspecified atom stereocenters. The molecule has 26 heavy (non-hydrogen) atoms. The van der Waals surface area contributed by atoms with Crippen molar-refractivity contribution in [1.82, 2.24) is 5.32 Å². The van der Waals surface area contributed by atoms with Gasteiger partial charge in [-0.2, -0.15) is 0 Å². The third kappa shape index (κ3) is 5.10. The molecule has 1 aliphatic rings. The standard InChI is InChI=1S/C21H24N2O3/c1-25-20-4-2-3-17(15-20)7-10-21(24)22-16-18-5-8-19(9-6-18)23-11-13-26-14-12-23/h2-10,15H,11-14,16H2,1H3,(H,22,24). The van der Waals surface area contributed by atoms with E-state index in [-0.39, 0.29) is 5.91 Å². The summed E-state index contributed by atoms with van der Waals surface area (Å²) in [6.45, 7) is 3.90. The maximum absolute atomic E-state index is 12.0. The summed E-state index contributed by atoms with van der Waals surface area (Å²) in [4.78, 5) is 14.3. The van der Waals surface area contributed by atoms with Crippen molar-refractivity contribution in [3.63, 3.8) is 0 Å². The summed E-state index contributed by atoms with van der Waals surface area (Å²) >= 11 is 0. The molecule has 1 N–H and O–H groups in total. The van der Waals surface area contributed by atoms with Gasteiger partial charge in [-0.15, -0.1) is 0 Å². The molecular weight excluding hydrogens is 328 g/mol. The summed E-state index contributed by atoms with van der Waals surface area (Å²) < 4.78 is 10.6. The third-order valence-electron chi connectivity index (χ3n) is 4.30. The predicted octanol–water partition coefficient (Wildman–Crippen LogP) is 2.86. The van der Waals surface area contributed by atoms with E-state index in [0.29, 0.717) is 6.54 Å². The van der Waals surface area contributed by atoms with Crippen molar-refractivity contribution in [2.75, 3.05) is 38.3 Å². The number of carbonyl (C=O) groups is 1. The van der Waals surface area contributed by atoms with Gasteiger partial charge in [0.25, 0.3) is 0 Å². The van der Waals surface area contributed by atoms with E-state index in [2.05, 4.69) is 34.5 Å². The lowest BCUT2D eigenvalue weighted by molar-refractivity contribution is -0.116. The van der Waals surface area contributed by atoms with Crippen molar-refractivity contribution in [2.24, 2.45) is 0 Å². The fourth-order valence-electron chi connectivity index (χ4n) is 2.81. The molecule has 0 saturated carbocycles. The zero-order chi connectivity index (χ0) is 18.2. The number of nitrogens with zero attached hydrogens (tertiary/aromatic N) is 1. The Labute approximate surface area is 154 Å². The molecular formula is C21H24N2O3. The van der Waals surface area contributed by atoms with Crippen molar-refractivity contribution < 1.29 is 14.3 Å². The van der Waals surface area contributed by atoms with Gasteiger partial charge in [-0.1, -0.05) is 24.3 Å². The van der Waals surface area contributed by atoms with Gasteiger partial charge in [0.05, 0.1) is 20.3 Å². The van der Waals surface area contributed by atoms with Crippen LogP contribution in [0.3, 0.4) is 0 Å². The van der Waals surface area contributed by atoms with Crippen LogP contribution in [0.2, 0.25) is 0 Å². The number of hydrogen-bond donors (Lipinski definition) is 1. The SMILES string of the molecule is COc1cccc(C=CC(=O)NCc2ccc(N3CCOCC3)cc2)c1. The van der Waals surface area contributed by atoms with Crippen molar-refractivity contribution >= 4 is 17.7 Å². The van der Waals surface area contributed by atoms with Gasteiger partial charge in [0.15, 0.2) is 0 Å². The Kier molecular flexibility index (Phi) is 6.28. The Morgan fingerprint density at radius 3 is 2.69 bits per heavy atom. The van der Waals surface area contributed by atoms with Crippen LogP contribution in [0.4, 0.5) is 5.69 Å². The van der Waals surface area contributed by atoms with Gasteiger partial charge < -0.3 is 19.7 Å². The summed E-state index contributed by atoms with van der Waals surface area (Å²) in [6.07, 6.45) is 3.32. The second-order valence-corrected chi connectivity index (χ2v) is 6.09. The lowest BCUT2D eigenvalue weighted by Crippen LogP contribution is -2.36. The number of anilines is 1. The highest BCUT2D eigenvalue weighted by Gasteiger charge is 2.10. The maximum Gasteiger partial charge on any atom is 0.244 e. The number of morpholine rings is 1. The number of ether oxygens (including phenoxy) is 2. The largest absolute Gasteiger partial charge is 0.497 e. The Hall–Kier alpha value is -2.79. The van der Waals surface area contributed by atoms with Crippen molar-refractivity contribution in [3.8, 4) is 5.75 Å². The molecule has 0 bridgehead atoms. The predicted molar refractivity (Wildman–Crippen MR) is 103 cm³/mol.